The van der Waals surface area contributed by atoms with Gasteiger partial charge in [0.2, 0.25) is 0 Å². The first kappa shape index (κ1) is 16.3. The summed E-state index contributed by atoms with van der Waals surface area (Å²) >= 11 is 8.01. The SMILES string of the molecule is COc1ccccc1-c1cnc(-c2cc(Br)c(O)c(O)c2Br)s1. The Bertz CT molecular complexity index is 880. The molecule has 0 unspecified atom stereocenters. The quantitative estimate of drug-likeness (QED) is 0.516. The number of methoxy groups -OCH3 is 1. The van der Waals surface area contributed by atoms with Gasteiger partial charge in [-0.25, -0.2) is 4.98 Å². The van der Waals surface area contributed by atoms with Crippen LogP contribution in [-0.4, -0.2) is 22.3 Å². The Balaban J connectivity index is 2.10. The van der Waals surface area contributed by atoms with E-state index in [2.05, 4.69) is 36.8 Å². The highest BCUT2D eigenvalue weighted by Gasteiger charge is 2.18. The van der Waals surface area contributed by atoms with Crippen molar-refractivity contribution in [3.63, 3.8) is 0 Å². The maximum absolute atomic E-state index is 9.97. The summed E-state index contributed by atoms with van der Waals surface area (Å²) in [7, 11) is 1.63. The first-order valence-electron chi connectivity index (χ1n) is 6.52. The Hall–Kier alpha value is -1.57. The minimum absolute atomic E-state index is 0.206. The van der Waals surface area contributed by atoms with E-state index in [1.54, 1.807) is 19.4 Å². The molecule has 2 N–H and O–H groups in total. The van der Waals surface area contributed by atoms with Crippen LogP contribution in [0.2, 0.25) is 0 Å². The standard InChI is InChI=1S/C16H11Br2NO3S/c1-22-11-5-3-2-4-8(11)12-7-19-16(23-12)9-6-10(17)14(20)15(21)13(9)18/h2-7,20-21H,1H3. The predicted molar refractivity (Wildman–Crippen MR) is 98.3 cm³/mol. The van der Waals surface area contributed by atoms with Crippen LogP contribution in [0.15, 0.2) is 45.5 Å². The molecule has 23 heavy (non-hydrogen) atoms. The molecule has 3 rings (SSSR count). The van der Waals surface area contributed by atoms with Gasteiger partial charge < -0.3 is 14.9 Å². The Labute approximate surface area is 153 Å². The number of hydrogen-bond donors (Lipinski definition) is 2. The maximum atomic E-state index is 9.97. The molecule has 1 heterocycles. The van der Waals surface area contributed by atoms with Gasteiger partial charge in [-0.15, -0.1) is 11.3 Å². The maximum Gasteiger partial charge on any atom is 0.173 e. The van der Waals surface area contributed by atoms with Crippen molar-refractivity contribution in [2.45, 2.75) is 0 Å². The predicted octanol–water partition coefficient (Wildman–Crippen LogP) is 5.42. The van der Waals surface area contributed by atoms with Gasteiger partial charge >= 0.3 is 0 Å². The topological polar surface area (TPSA) is 62.6 Å². The van der Waals surface area contributed by atoms with Crippen LogP contribution in [0.4, 0.5) is 0 Å². The summed E-state index contributed by atoms with van der Waals surface area (Å²) in [5.74, 6) is 0.349. The van der Waals surface area contributed by atoms with E-state index in [1.807, 2.05) is 24.3 Å². The number of rotatable bonds is 3. The zero-order valence-electron chi connectivity index (χ0n) is 11.9. The molecule has 0 fully saturated rings. The van der Waals surface area contributed by atoms with Gasteiger partial charge in [0.05, 0.1) is 20.9 Å². The summed E-state index contributed by atoms with van der Waals surface area (Å²) < 4.78 is 6.19. The van der Waals surface area contributed by atoms with Gasteiger partial charge in [-0.05, 0) is 50.1 Å². The van der Waals surface area contributed by atoms with Crippen LogP contribution in [0.1, 0.15) is 0 Å². The van der Waals surface area contributed by atoms with E-state index in [1.165, 1.54) is 11.3 Å². The van der Waals surface area contributed by atoms with Crippen LogP contribution in [-0.2, 0) is 0 Å². The van der Waals surface area contributed by atoms with E-state index in [0.29, 0.717) is 19.5 Å². The van der Waals surface area contributed by atoms with E-state index < -0.39 is 0 Å². The molecule has 0 radical (unpaired) electrons. The number of benzene rings is 2. The lowest BCUT2D eigenvalue weighted by Gasteiger charge is -2.07. The molecule has 118 valence electrons. The third-order valence-corrected chi connectivity index (χ3v) is 5.75. The third kappa shape index (κ3) is 2.96. The molecule has 0 amide bonds. The molecule has 0 saturated carbocycles. The minimum atomic E-state index is -0.219. The minimum Gasteiger partial charge on any atom is -0.503 e. The second kappa shape index (κ2) is 6.51. The zero-order valence-corrected chi connectivity index (χ0v) is 15.9. The second-order valence-corrected chi connectivity index (χ2v) is 7.33. The normalized spacial score (nSPS) is 10.7. The van der Waals surface area contributed by atoms with E-state index >= 15 is 0 Å². The highest BCUT2D eigenvalue weighted by molar-refractivity contribution is 9.11. The average Bonchev–Trinajstić information content (AvgIpc) is 3.05. The molecule has 0 aliphatic heterocycles. The lowest BCUT2D eigenvalue weighted by atomic mass is 10.2. The molecule has 0 spiro atoms. The van der Waals surface area contributed by atoms with Crippen molar-refractivity contribution in [1.29, 1.82) is 0 Å². The van der Waals surface area contributed by atoms with Crippen molar-refractivity contribution in [2.75, 3.05) is 7.11 Å². The van der Waals surface area contributed by atoms with Crippen LogP contribution >= 0.6 is 43.2 Å². The average molecular weight is 457 g/mol. The summed E-state index contributed by atoms with van der Waals surface area (Å²) in [6.45, 7) is 0. The van der Waals surface area contributed by atoms with Crippen LogP contribution < -0.4 is 4.74 Å². The van der Waals surface area contributed by atoms with Crippen LogP contribution in [0.3, 0.4) is 0 Å². The largest absolute Gasteiger partial charge is 0.503 e. The fraction of sp³-hybridized carbons (Fsp3) is 0.0625. The fourth-order valence-corrected chi connectivity index (χ4v) is 4.14. The van der Waals surface area contributed by atoms with E-state index in [9.17, 15) is 10.2 Å². The molecule has 3 aromatic rings. The summed E-state index contributed by atoms with van der Waals surface area (Å²) in [5.41, 5.74) is 1.65. The smallest absolute Gasteiger partial charge is 0.173 e. The number of phenols is 2. The Morgan fingerprint density at radius 1 is 1.09 bits per heavy atom. The number of nitrogens with zero attached hydrogens (tertiary/aromatic N) is 1. The van der Waals surface area contributed by atoms with Crippen molar-refractivity contribution in [3.05, 3.63) is 45.5 Å². The number of halogens is 2. The lowest BCUT2D eigenvalue weighted by Crippen LogP contribution is -1.84. The number of phenolic OH excluding ortho intramolecular Hbond substituents is 2. The summed E-state index contributed by atoms with van der Waals surface area (Å²) in [6.07, 6.45) is 1.77. The summed E-state index contributed by atoms with van der Waals surface area (Å²) in [6, 6.07) is 9.43. The number of para-hydroxylation sites is 1. The van der Waals surface area contributed by atoms with Gasteiger partial charge in [-0.2, -0.15) is 0 Å². The van der Waals surface area contributed by atoms with Gasteiger partial charge in [0.1, 0.15) is 10.8 Å². The molecule has 0 aliphatic rings. The number of aromatic hydroxyl groups is 2. The van der Waals surface area contributed by atoms with Crippen LogP contribution in [0, 0.1) is 0 Å². The first-order valence-corrected chi connectivity index (χ1v) is 8.92. The molecular weight excluding hydrogens is 446 g/mol. The Morgan fingerprint density at radius 2 is 1.83 bits per heavy atom. The van der Waals surface area contributed by atoms with Gasteiger partial charge in [-0.1, -0.05) is 12.1 Å². The molecule has 0 bridgehead atoms. The molecule has 0 aliphatic carbocycles. The van der Waals surface area contributed by atoms with Crippen LogP contribution in [0.5, 0.6) is 17.2 Å². The molecule has 0 atom stereocenters. The lowest BCUT2D eigenvalue weighted by molar-refractivity contribution is 0.399. The van der Waals surface area contributed by atoms with Gasteiger partial charge in [0.15, 0.2) is 11.5 Å². The van der Waals surface area contributed by atoms with Gasteiger partial charge in [0.25, 0.3) is 0 Å². The van der Waals surface area contributed by atoms with Crippen molar-refractivity contribution >= 4 is 43.2 Å². The van der Waals surface area contributed by atoms with Crippen molar-refractivity contribution in [3.8, 4) is 38.3 Å². The highest BCUT2D eigenvalue weighted by atomic mass is 79.9. The highest BCUT2D eigenvalue weighted by Crippen LogP contribution is 2.47. The Morgan fingerprint density at radius 3 is 2.57 bits per heavy atom. The first-order chi connectivity index (χ1) is 11.0. The molecule has 0 saturated heterocycles. The third-order valence-electron chi connectivity index (χ3n) is 3.27. The van der Waals surface area contributed by atoms with E-state index in [4.69, 9.17) is 4.74 Å². The Kier molecular flexibility index (Phi) is 4.61. The molecule has 7 heteroatoms. The monoisotopic (exact) mass is 455 g/mol. The summed E-state index contributed by atoms with van der Waals surface area (Å²) in [4.78, 5) is 5.38. The number of thiazole rings is 1. The van der Waals surface area contributed by atoms with Crippen LogP contribution in [0.25, 0.3) is 21.0 Å². The van der Waals surface area contributed by atoms with Gasteiger partial charge in [0, 0.05) is 17.3 Å². The molecule has 1 aromatic heterocycles. The van der Waals surface area contributed by atoms with Gasteiger partial charge in [-0.3, -0.25) is 0 Å². The zero-order chi connectivity index (χ0) is 16.6. The number of aromatic nitrogens is 1. The van der Waals surface area contributed by atoms with Crippen molar-refractivity contribution < 1.29 is 14.9 Å². The molecular formula is C16H11Br2NO3S. The van der Waals surface area contributed by atoms with E-state index in [-0.39, 0.29) is 11.5 Å². The molecule has 2 aromatic carbocycles. The van der Waals surface area contributed by atoms with E-state index in [0.717, 1.165) is 16.2 Å². The summed E-state index contributed by atoms with van der Waals surface area (Å²) in [5, 5.41) is 20.4. The number of hydrogen-bond acceptors (Lipinski definition) is 5. The van der Waals surface area contributed by atoms with Crippen molar-refractivity contribution in [1.82, 2.24) is 4.98 Å². The fourth-order valence-electron chi connectivity index (χ4n) is 2.13. The number of ether oxygens (including phenoxy) is 1. The second-order valence-electron chi connectivity index (χ2n) is 4.65. The molecule has 4 nitrogen and oxygen atoms in total. The van der Waals surface area contributed by atoms with Crippen molar-refractivity contribution in [2.24, 2.45) is 0 Å².